The summed E-state index contributed by atoms with van der Waals surface area (Å²) in [6.07, 6.45) is 3.65. The Labute approximate surface area is 279 Å². The van der Waals surface area contributed by atoms with Crippen molar-refractivity contribution in [3.63, 3.8) is 0 Å². The van der Waals surface area contributed by atoms with Crippen LogP contribution >= 0.6 is 0 Å². The molecule has 0 saturated carbocycles. The van der Waals surface area contributed by atoms with Crippen LogP contribution < -0.4 is 0 Å². The zero-order chi connectivity index (χ0) is 32.1. The fourth-order valence-corrected chi connectivity index (χ4v) is 5.82. The first-order valence-electron chi connectivity index (χ1n) is 15.8. The van der Waals surface area contributed by atoms with E-state index in [1.54, 1.807) is 0 Å². The zero-order valence-corrected chi connectivity index (χ0v) is 26.0. The van der Waals surface area contributed by atoms with E-state index in [0.717, 1.165) is 61.5 Å². The van der Waals surface area contributed by atoms with Gasteiger partial charge in [-0.1, -0.05) is 103 Å². The van der Waals surface area contributed by atoms with E-state index in [2.05, 4.69) is 70.6 Å². The van der Waals surface area contributed by atoms with Crippen LogP contribution in [0.4, 0.5) is 0 Å². The van der Waals surface area contributed by atoms with E-state index in [1.165, 1.54) is 0 Å². The van der Waals surface area contributed by atoms with Crippen molar-refractivity contribution >= 4 is 0 Å². The Morgan fingerprint density at radius 2 is 0.583 bits per heavy atom. The third-order valence-electron chi connectivity index (χ3n) is 8.19. The lowest BCUT2D eigenvalue weighted by atomic mass is 9.92. The van der Waals surface area contributed by atoms with Crippen LogP contribution in [-0.2, 0) is 0 Å². The van der Waals surface area contributed by atoms with Crippen molar-refractivity contribution in [2.75, 3.05) is 0 Å². The van der Waals surface area contributed by atoms with Crippen molar-refractivity contribution in [3.8, 4) is 78.9 Å². The molecule has 3 heterocycles. The second kappa shape index (κ2) is 13.0. The molecule has 0 atom stereocenters. The zero-order valence-electron chi connectivity index (χ0n) is 26.0. The van der Waals surface area contributed by atoms with E-state index < -0.39 is 0 Å². The summed E-state index contributed by atoms with van der Waals surface area (Å²) < 4.78 is 0. The standard InChI is InChI=1S/C43H29N5/c1-4-14-30(15-5-1)33-24-34(35-25-36(39-20-10-12-22-44-39)29-37(26-35)40-21-11-13-23-45-40)28-38(27-33)43-47-41(31-16-6-2-7-17-31)46-42(48-43)32-18-8-3-9-19-32/h1-29H. The maximum Gasteiger partial charge on any atom is 0.164 e. The van der Waals surface area contributed by atoms with Gasteiger partial charge in [0.25, 0.3) is 0 Å². The topological polar surface area (TPSA) is 64.5 Å². The molecule has 0 unspecified atom stereocenters. The first-order chi connectivity index (χ1) is 23.8. The van der Waals surface area contributed by atoms with Crippen molar-refractivity contribution < 1.29 is 0 Å². The third-order valence-corrected chi connectivity index (χ3v) is 8.19. The Morgan fingerprint density at radius 1 is 0.250 bits per heavy atom. The first-order valence-corrected chi connectivity index (χ1v) is 15.8. The fourth-order valence-electron chi connectivity index (χ4n) is 5.82. The van der Waals surface area contributed by atoms with Crippen molar-refractivity contribution in [2.45, 2.75) is 0 Å². The number of aromatic nitrogens is 5. The molecule has 5 aromatic carbocycles. The maximum atomic E-state index is 5.06. The normalized spacial score (nSPS) is 10.9. The first kappa shape index (κ1) is 28.9. The van der Waals surface area contributed by atoms with Gasteiger partial charge in [-0.15, -0.1) is 0 Å². The lowest BCUT2D eigenvalue weighted by Gasteiger charge is -2.14. The number of hydrogen-bond acceptors (Lipinski definition) is 5. The van der Waals surface area contributed by atoms with Crippen LogP contribution in [0.15, 0.2) is 176 Å². The van der Waals surface area contributed by atoms with Crippen LogP contribution in [0.5, 0.6) is 0 Å². The molecule has 5 nitrogen and oxygen atoms in total. The number of hydrogen-bond donors (Lipinski definition) is 0. The Balaban J connectivity index is 1.36. The third kappa shape index (κ3) is 6.13. The van der Waals surface area contributed by atoms with E-state index in [4.69, 9.17) is 15.0 Å². The van der Waals surface area contributed by atoms with Gasteiger partial charge in [0.15, 0.2) is 17.5 Å². The molecular weight excluding hydrogens is 587 g/mol. The molecule has 48 heavy (non-hydrogen) atoms. The average molecular weight is 616 g/mol. The van der Waals surface area contributed by atoms with Crippen molar-refractivity contribution in [1.82, 2.24) is 24.9 Å². The molecule has 0 saturated heterocycles. The van der Waals surface area contributed by atoms with Gasteiger partial charge in [0, 0.05) is 40.2 Å². The lowest BCUT2D eigenvalue weighted by Crippen LogP contribution is -2.00. The predicted octanol–water partition coefficient (Wildman–Crippen LogP) is 10.3. The summed E-state index contributed by atoms with van der Waals surface area (Å²) in [5, 5.41) is 0. The summed E-state index contributed by atoms with van der Waals surface area (Å²) in [4.78, 5) is 24.4. The largest absolute Gasteiger partial charge is 0.256 e. The van der Waals surface area contributed by atoms with Crippen LogP contribution in [-0.4, -0.2) is 24.9 Å². The Bertz CT molecular complexity index is 2050. The smallest absolute Gasteiger partial charge is 0.164 e. The van der Waals surface area contributed by atoms with Crippen molar-refractivity contribution in [3.05, 3.63) is 176 Å². The highest BCUT2D eigenvalue weighted by Crippen LogP contribution is 2.36. The average Bonchev–Trinajstić information content (AvgIpc) is 3.19. The van der Waals surface area contributed by atoms with Crippen LogP contribution in [0.2, 0.25) is 0 Å². The summed E-state index contributed by atoms with van der Waals surface area (Å²) in [5.74, 6) is 1.86. The monoisotopic (exact) mass is 615 g/mol. The molecule has 226 valence electrons. The van der Waals surface area contributed by atoms with Gasteiger partial charge < -0.3 is 0 Å². The Morgan fingerprint density at radius 3 is 1.02 bits per heavy atom. The summed E-state index contributed by atoms with van der Waals surface area (Å²) in [6.45, 7) is 0. The molecule has 0 aliphatic heterocycles. The molecule has 0 amide bonds. The van der Waals surface area contributed by atoms with Gasteiger partial charge in [-0.05, 0) is 82.9 Å². The van der Waals surface area contributed by atoms with Gasteiger partial charge >= 0.3 is 0 Å². The van der Waals surface area contributed by atoms with E-state index in [-0.39, 0.29) is 0 Å². The van der Waals surface area contributed by atoms with Gasteiger partial charge in [0.05, 0.1) is 11.4 Å². The van der Waals surface area contributed by atoms with E-state index >= 15 is 0 Å². The second-order valence-corrected chi connectivity index (χ2v) is 11.4. The summed E-state index contributed by atoms with van der Waals surface area (Å²) in [5.41, 5.74) is 10.8. The summed E-state index contributed by atoms with van der Waals surface area (Å²) in [7, 11) is 0. The number of rotatable bonds is 7. The number of nitrogens with zero attached hydrogens (tertiary/aromatic N) is 5. The second-order valence-electron chi connectivity index (χ2n) is 11.4. The number of benzene rings is 5. The molecular formula is C43H29N5. The van der Waals surface area contributed by atoms with E-state index in [1.807, 2.05) is 116 Å². The van der Waals surface area contributed by atoms with Crippen molar-refractivity contribution in [1.29, 1.82) is 0 Å². The van der Waals surface area contributed by atoms with Crippen LogP contribution in [0.3, 0.4) is 0 Å². The molecule has 0 bridgehead atoms. The molecule has 0 spiro atoms. The van der Waals surface area contributed by atoms with Crippen LogP contribution in [0.25, 0.3) is 78.9 Å². The summed E-state index contributed by atoms with van der Waals surface area (Å²) in [6, 6.07) is 55.6. The number of pyridine rings is 2. The highest BCUT2D eigenvalue weighted by Gasteiger charge is 2.16. The quantitative estimate of drug-likeness (QED) is 0.178. The molecule has 5 heteroatoms. The van der Waals surface area contributed by atoms with Gasteiger partial charge in [0.1, 0.15) is 0 Å². The molecule has 0 aliphatic rings. The van der Waals surface area contributed by atoms with Gasteiger partial charge in [-0.25, -0.2) is 15.0 Å². The summed E-state index contributed by atoms with van der Waals surface area (Å²) >= 11 is 0. The lowest BCUT2D eigenvalue weighted by molar-refractivity contribution is 1.07. The maximum absolute atomic E-state index is 5.06. The minimum atomic E-state index is 0.604. The van der Waals surface area contributed by atoms with Gasteiger partial charge in [-0.2, -0.15) is 0 Å². The van der Waals surface area contributed by atoms with Crippen LogP contribution in [0, 0.1) is 0 Å². The molecule has 0 aliphatic carbocycles. The minimum absolute atomic E-state index is 0.604. The molecule has 0 fully saturated rings. The molecule has 3 aromatic heterocycles. The van der Waals surface area contributed by atoms with E-state index in [0.29, 0.717) is 17.5 Å². The highest BCUT2D eigenvalue weighted by atomic mass is 15.0. The predicted molar refractivity (Wildman–Crippen MR) is 193 cm³/mol. The fraction of sp³-hybridized carbons (Fsp3) is 0. The SMILES string of the molecule is c1ccc(-c2cc(-c3cc(-c4ccccn4)cc(-c4ccccn4)c3)cc(-c3nc(-c4ccccc4)nc(-c4ccccc4)n3)c2)cc1. The Hall–Kier alpha value is -6.59. The van der Waals surface area contributed by atoms with Gasteiger partial charge in [-0.3, -0.25) is 9.97 Å². The minimum Gasteiger partial charge on any atom is -0.256 e. The molecule has 8 aromatic rings. The van der Waals surface area contributed by atoms with E-state index in [9.17, 15) is 0 Å². The van der Waals surface area contributed by atoms with Crippen LogP contribution in [0.1, 0.15) is 0 Å². The van der Waals surface area contributed by atoms with Crippen molar-refractivity contribution in [2.24, 2.45) is 0 Å². The molecule has 0 radical (unpaired) electrons. The molecule has 0 N–H and O–H groups in total. The molecule has 8 rings (SSSR count). The Kier molecular flexibility index (Phi) is 7.83. The van der Waals surface area contributed by atoms with Gasteiger partial charge in [0.2, 0.25) is 0 Å². The highest BCUT2D eigenvalue weighted by molar-refractivity contribution is 5.84.